The van der Waals surface area contributed by atoms with E-state index in [0.717, 1.165) is 17.9 Å². The Bertz CT molecular complexity index is 408. The second kappa shape index (κ2) is 5.99. The fourth-order valence-electron chi connectivity index (χ4n) is 2.18. The second-order valence-electron chi connectivity index (χ2n) is 5.09. The van der Waals surface area contributed by atoms with Gasteiger partial charge in [-0.25, -0.2) is 0 Å². The van der Waals surface area contributed by atoms with Gasteiger partial charge in [-0.3, -0.25) is 0 Å². The smallest absolute Gasteiger partial charge is 0.153 e. The number of nitrogens with two attached hydrogens (primary N) is 1. The summed E-state index contributed by atoms with van der Waals surface area (Å²) in [5.74, 6) is 0.830. The summed E-state index contributed by atoms with van der Waals surface area (Å²) in [6, 6.07) is 11.6. The van der Waals surface area contributed by atoms with Crippen molar-refractivity contribution >= 4 is 0 Å². The molecule has 1 aromatic carbocycles. The molecule has 3 nitrogen and oxygen atoms in total. The molecule has 18 heavy (non-hydrogen) atoms. The monoisotopic (exact) mass is 244 g/mol. The minimum atomic E-state index is -1.03. The van der Waals surface area contributed by atoms with Crippen LogP contribution in [0.1, 0.15) is 31.2 Å². The maximum absolute atomic E-state index is 9.25. The molecular weight excluding hydrogens is 224 g/mol. The maximum Gasteiger partial charge on any atom is 0.153 e. The molecule has 3 heteroatoms. The Morgan fingerprint density at radius 1 is 1.33 bits per heavy atom. The summed E-state index contributed by atoms with van der Waals surface area (Å²) in [5, 5.41) is 9.25. The predicted molar refractivity (Wildman–Crippen MR) is 70.7 cm³/mol. The van der Waals surface area contributed by atoms with Crippen molar-refractivity contribution < 1.29 is 4.74 Å². The Balaban J connectivity index is 1.82. The van der Waals surface area contributed by atoms with Crippen LogP contribution in [0.3, 0.4) is 0 Å². The molecule has 1 saturated carbocycles. The molecule has 1 atom stereocenters. The standard InChI is InChI=1S/C15H20N2O/c16-11-15(17,14-7-2-1-3-8-14)12-18-10-9-13-5-4-6-13/h1-3,7-8,13H,4-6,9-10,12,17H2. The van der Waals surface area contributed by atoms with Crippen molar-refractivity contribution in [3.05, 3.63) is 35.9 Å². The summed E-state index contributed by atoms with van der Waals surface area (Å²) in [7, 11) is 0. The third-order valence-corrected chi connectivity index (χ3v) is 3.71. The van der Waals surface area contributed by atoms with Gasteiger partial charge in [0.1, 0.15) is 0 Å². The van der Waals surface area contributed by atoms with Crippen molar-refractivity contribution in [2.75, 3.05) is 13.2 Å². The van der Waals surface area contributed by atoms with Crippen LogP contribution in [-0.4, -0.2) is 13.2 Å². The average Bonchev–Trinajstić information content (AvgIpc) is 2.37. The van der Waals surface area contributed by atoms with Gasteiger partial charge in [0, 0.05) is 6.61 Å². The Hall–Kier alpha value is -1.37. The van der Waals surface area contributed by atoms with Crippen molar-refractivity contribution in [3.8, 4) is 6.07 Å². The lowest BCUT2D eigenvalue weighted by molar-refractivity contribution is 0.0813. The molecule has 0 aliphatic heterocycles. The van der Waals surface area contributed by atoms with E-state index in [4.69, 9.17) is 10.5 Å². The van der Waals surface area contributed by atoms with Gasteiger partial charge in [0.15, 0.2) is 5.54 Å². The quantitative estimate of drug-likeness (QED) is 0.782. The minimum Gasteiger partial charge on any atom is -0.378 e. The zero-order valence-corrected chi connectivity index (χ0v) is 10.6. The Morgan fingerprint density at radius 3 is 2.61 bits per heavy atom. The zero-order valence-electron chi connectivity index (χ0n) is 10.6. The Morgan fingerprint density at radius 2 is 2.06 bits per heavy atom. The van der Waals surface area contributed by atoms with Gasteiger partial charge in [-0.1, -0.05) is 49.6 Å². The van der Waals surface area contributed by atoms with Crippen LogP contribution in [0.25, 0.3) is 0 Å². The third-order valence-electron chi connectivity index (χ3n) is 3.71. The van der Waals surface area contributed by atoms with E-state index in [9.17, 15) is 5.26 Å². The van der Waals surface area contributed by atoms with Crippen LogP contribution in [0.15, 0.2) is 30.3 Å². The Labute approximate surface area is 109 Å². The van der Waals surface area contributed by atoms with Crippen molar-refractivity contribution in [2.45, 2.75) is 31.2 Å². The molecule has 0 amide bonds. The van der Waals surface area contributed by atoms with Crippen molar-refractivity contribution in [1.29, 1.82) is 5.26 Å². The highest BCUT2D eigenvalue weighted by Crippen LogP contribution is 2.29. The summed E-state index contributed by atoms with van der Waals surface area (Å²) >= 11 is 0. The van der Waals surface area contributed by atoms with E-state index in [1.165, 1.54) is 19.3 Å². The van der Waals surface area contributed by atoms with E-state index >= 15 is 0 Å². The van der Waals surface area contributed by atoms with Crippen LogP contribution in [0.2, 0.25) is 0 Å². The molecule has 0 spiro atoms. The first-order valence-electron chi connectivity index (χ1n) is 6.58. The molecule has 96 valence electrons. The summed E-state index contributed by atoms with van der Waals surface area (Å²) in [5.41, 5.74) is 5.88. The molecule has 1 fully saturated rings. The van der Waals surface area contributed by atoms with E-state index in [-0.39, 0.29) is 6.61 Å². The highest BCUT2D eigenvalue weighted by molar-refractivity contribution is 5.30. The van der Waals surface area contributed by atoms with Crippen LogP contribution in [0, 0.1) is 17.2 Å². The topological polar surface area (TPSA) is 59.0 Å². The van der Waals surface area contributed by atoms with Gasteiger partial charge in [0.25, 0.3) is 0 Å². The highest BCUT2D eigenvalue weighted by atomic mass is 16.5. The molecule has 2 N–H and O–H groups in total. The number of rotatable bonds is 6. The molecule has 1 aromatic rings. The lowest BCUT2D eigenvalue weighted by atomic mass is 9.83. The number of nitriles is 1. The fraction of sp³-hybridized carbons (Fsp3) is 0.533. The van der Waals surface area contributed by atoms with Crippen LogP contribution in [0.5, 0.6) is 0 Å². The summed E-state index contributed by atoms with van der Waals surface area (Å²) < 4.78 is 5.60. The lowest BCUT2D eigenvalue weighted by Crippen LogP contribution is -2.40. The molecule has 0 radical (unpaired) electrons. The molecule has 0 heterocycles. The fourth-order valence-corrected chi connectivity index (χ4v) is 2.18. The van der Waals surface area contributed by atoms with E-state index in [1.807, 2.05) is 30.3 Å². The molecular formula is C15H20N2O. The van der Waals surface area contributed by atoms with Gasteiger partial charge >= 0.3 is 0 Å². The minimum absolute atomic E-state index is 0.264. The number of hydrogen-bond donors (Lipinski definition) is 1. The van der Waals surface area contributed by atoms with Gasteiger partial charge in [0.05, 0.1) is 12.7 Å². The molecule has 2 rings (SSSR count). The third kappa shape index (κ3) is 3.10. The summed E-state index contributed by atoms with van der Waals surface area (Å²) in [6.07, 6.45) is 5.10. The average molecular weight is 244 g/mol. The van der Waals surface area contributed by atoms with Crippen molar-refractivity contribution in [2.24, 2.45) is 11.7 Å². The predicted octanol–water partition coefficient (Wildman–Crippen LogP) is 2.57. The van der Waals surface area contributed by atoms with Gasteiger partial charge in [-0.2, -0.15) is 5.26 Å². The highest BCUT2D eigenvalue weighted by Gasteiger charge is 2.27. The number of benzene rings is 1. The molecule has 1 unspecified atom stereocenters. The van der Waals surface area contributed by atoms with Crippen LogP contribution >= 0.6 is 0 Å². The largest absolute Gasteiger partial charge is 0.378 e. The van der Waals surface area contributed by atoms with E-state index in [0.29, 0.717) is 6.61 Å². The van der Waals surface area contributed by atoms with Gasteiger partial charge in [-0.05, 0) is 17.9 Å². The normalized spacial score (nSPS) is 18.7. The second-order valence-corrected chi connectivity index (χ2v) is 5.09. The number of nitrogens with zero attached hydrogens (tertiary/aromatic N) is 1. The van der Waals surface area contributed by atoms with Gasteiger partial charge in [0.2, 0.25) is 0 Å². The molecule has 0 aromatic heterocycles. The van der Waals surface area contributed by atoms with Gasteiger partial charge < -0.3 is 10.5 Å². The maximum atomic E-state index is 9.25. The lowest BCUT2D eigenvalue weighted by Gasteiger charge is -2.26. The van der Waals surface area contributed by atoms with Crippen molar-refractivity contribution in [3.63, 3.8) is 0 Å². The number of ether oxygens (including phenoxy) is 1. The first-order valence-corrected chi connectivity index (χ1v) is 6.58. The van der Waals surface area contributed by atoms with E-state index in [2.05, 4.69) is 6.07 Å². The zero-order chi connectivity index (χ0) is 12.8. The first-order chi connectivity index (χ1) is 8.74. The summed E-state index contributed by atoms with van der Waals surface area (Å²) in [6.45, 7) is 0.971. The molecule has 1 aliphatic rings. The van der Waals surface area contributed by atoms with Crippen molar-refractivity contribution in [1.82, 2.24) is 0 Å². The van der Waals surface area contributed by atoms with Crippen LogP contribution in [-0.2, 0) is 10.3 Å². The SMILES string of the molecule is N#CC(N)(COCCC1CCC1)c1ccccc1. The van der Waals surface area contributed by atoms with Gasteiger partial charge in [-0.15, -0.1) is 0 Å². The molecule has 0 saturated heterocycles. The molecule has 0 bridgehead atoms. The Kier molecular flexibility index (Phi) is 4.35. The summed E-state index contributed by atoms with van der Waals surface area (Å²) in [4.78, 5) is 0. The van der Waals surface area contributed by atoms with Crippen LogP contribution < -0.4 is 5.73 Å². The van der Waals surface area contributed by atoms with Crippen LogP contribution in [0.4, 0.5) is 0 Å². The first kappa shape index (κ1) is 13.1. The van der Waals surface area contributed by atoms with E-state index in [1.54, 1.807) is 0 Å². The molecule has 1 aliphatic carbocycles. The van der Waals surface area contributed by atoms with E-state index < -0.39 is 5.54 Å². The number of hydrogen-bond acceptors (Lipinski definition) is 3.